The van der Waals surface area contributed by atoms with Crippen LogP contribution in [0.5, 0.6) is 0 Å². The first-order valence-corrected chi connectivity index (χ1v) is 5.61. The normalized spacial score (nSPS) is 18.4. The molecule has 5 heteroatoms. The maximum absolute atomic E-state index is 9.55. The zero-order valence-electron chi connectivity index (χ0n) is 9.52. The van der Waals surface area contributed by atoms with Gasteiger partial charge in [-0.25, -0.2) is 4.98 Å². The monoisotopic (exact) mass is 233 g/mol. The number of aliphatic hydroxyl groups excluding tert-OH is 1. The zero-order chi connectivity index (χ0) is 12.1. The molecule has 0 spiro atoms. The second-order valence-corrected chi connectivity index (χ2v) is 4.19. The number of nitrogens with zero attached hydrogens (tertiary/aromatic N) is 2. The van der Waals surface area contributed by atoms with Gasteiger partial charge in [-0.3, -0.25) is 0 Å². The summed E-state index contributed by atoms with van der Waals surface area (Å²) in [6.45, 7) is 1.27. The lowest BCUT2D eigenvalue weighted by Crippen LogP contribution is -2.47. The van der Waals surface area contributed by atoms with E-state index in [1.807, 2.05) is 6.07 Å². The van der Waals surface area contributed by atoms with Crippen LogP contribution in [-0.2, 0) is 4.74 Å². The fourth-order valence-electron chi connectivity index (χ4n) is 1.97. The molecule has 1 aliphatic rings. The van der Waals surface area contributed by atoms with Crippen LogP contribution >= 0.6 is 0 Å². The molecule has 1 fully saturated rings. The average molecular weight is 233 g/mol. The molecule has 0 bridgehead atoms. The maximum Gasteiger partial charge on any atom is 0.163 e. The van der Waals surface area contributed by atoms with Crippen molar-refractivity contribution in [3.8, 4) is 6.07 Å². The van der Waals surface area contributed by atoms with E-state index in [9.17, 15) is 5.11 Å². The summed E-state index contributed by atoms with van der Waals surface area (Å²) < 4.78 is 5.29. The van der Waals surface area contributed by atoms with Gasteiger partial charge in [0.15, 0.2) is 5.69 Å². The summed E-state index contributed by atoms with van der Waals surface area (Å²) in [6, 6.07) is 5.62. The van der Waals surface area contributed by atoms with Crippen molar-refractivity contribution in [2.75, 3.05) is 25.1 Å². The summed E-state index contributed by atoms with van der Waals surface area (Å²) >= 11 is 0. The molecule has 0 aliphatic carbocycles. The minimum atomic E-state index is -0.396. The van der Waals surface area contributed by atoms with E-state index in [1.165, 1.54) is 0 Å². The van der Waals surface area contributed by atoms with E-state index >= 15 is 0 Å². The molecule has 5 nitrogen and oxygen atoms in total. The fraction of sp³-hybridized carbons (Fsp3) is 0.500. The van der Waals surface area contributed by atoms with Gasteiger partial charge < -0.3 is 15.2 Å². The number of aliphatic hydroxyl groups is 1. The number of pyridine rings is 1. The second-order valence-electron chi connectivity index (χ2n) is 4.19. The first-order chi connectivity index (χ1) is 8.29. The third-order valence-corrected chi connectivity index (χ3v) is 3.07. The van der Waals surface area contributed by atoms with Crippen LogP contribution in [0, 0.1) is 11.3 Å². The van der Waals surface area contributed by atoms with Gasteiger partial charge in [0, 0.05) is 19.4 Å². The Bertz CT molecular complexity index is 422. The van der Waals surface area contributed by atoms with Crippen molar-refractivity contribution in [3.05, 3.63) is 24.0 Å². The van der Waals surface area contributed by atoms with E-state index in [2.05, 4.69) is 10.3 Å². The highest BCUT2D eigenvalue weighted by molar-refractivity contribution is 5.55. The predicted octanol–water partition coefficient (Wildman–Crippen LogP) is 0.907. The zero-order valence-corrected chi connectivity index (χ0v) is 9.52. The van der Waals surface area contributed by atoms with Crippen LogP contribution in [0.2, 0.25) is 0 Å². The lowest BCUT2D eigenvalue weighted by molar-refractivity contribution is 0.0380. The van der Waals surface area contributed by atoms with Gasteiger partial charge in [-0.1, -0.05) is 0 Å². The molecule has 1 aromatic heterocycles. The third-order valence-electron chi connectivity index (χ3n) is 3.07. The quantitative estimate of drug-likeness (QED) is 0.811. The van der Waals surface area contributed by atoms with Crippen molar-refractivity contribution >= 4 is 5.69 Å². The molecule has 0 amide bonds. The van der Waals surface area contributed by atoms with E-state index < -0.39 is 5.54 Å². The molecule has 2 rings (SSSR count). The number of nitrogens with one attached hydrogen (secondary N) is 1. The van der Waals surface area contributed by atoms with Gasteiger partial charge >= 0.3 is 0 Å². The molecule has 0 saturated carbocycles. The van der Waals surface area contributed by atoms with E-state index in [4.69, 9.17) is 10.00 Å². The summed E-state index contributed by atoms with van der Waals surface area (Å²) in [6.07, 6.45) is 3.03. The van der Waals surface area contributed by atoms with Gasteiger partial charge in [-0.05, 0) is 25.0 Å². The van der Waals surface area contributed by atoms with Gasteiger partial charge in [0.25, 0.3) is 0 Å². The molecule has 90 valence electrons. The lowest BCUT2D eigenvalue weighted by atomic mass is 9.90. The van der Waals surface area contributed by atoms with Gasteiger partial charge in [-0.2, -0.15) is 5.26 Å². The number of aromatic nitrogens is 1. The van der Waals surface area contributed by atoms with Crippen LogP contribution in [-0.4, -0.2) is 35.5 Å². The Labute approximate surface area is 100 Å². The average Bonchev–Trinajstić information content (AvgIpc) is 2.40. The topological polar surface area (TPSA) is 78.2 Å². The first-order valence-electron chi connectivity index (χ1n) is 5.61. The van der Waals surface area contributed by atoms with Gasteiger partial charge in [0.05, 0.1) is 17.8 Å². The largest absolute Gasteiger partial charge is 0.394 e. The van der Waals surface area contributed by atoms with Crippen molar-refractivity contribution in [1.82, 2.24) is 4.98 Å². The van der Waals surface area contributed by atoms with Crippen LogP contribution in [0.4, 0.5) is 5.69 Å². The summed E-state index contributed by atoms with van der Waals surface area (Å²) in [7, 11) is 0. The van der Waals surface area contributed by atoms with E-state index in [-0.39, 0.29) is 6.61 Å². The van der Waals surface area contributed by atoms with Crippen molar-refractivity contribution in [2.45, 2.75) is 18.4 Å². The Hall–Kier alpha value is -1.64. The van der Waals surface area contributed by atoms with Crippen molar-refractivity contribution in [2.24, 2.45) is 0 Å². The van der Waals surface area contributed by atoms with Gasteiger partial charge in [0.2, 0.25) is 0 Å². The molecular weight excluding hydrogens is 218 g/mol. The SMILES string of the molecule is N#Cc1ncccc1NC1(CO)CCOCC1. The van der Waals surface area contributed by atoms with Crippen LogP contribution in [0.1, 0.15) is 18.5 Å². The van der Waals surface area contributed by atoms with Crippen molar-refractivity contribution < 1.29 is 9.84 Å². The summed E-state index contributed by atoms with van der Waals surface area (Å²) in [4.78, 5) is 3.99. The van der Waals surface area contributed by atoms with Crippen LogP contribution in [0.15, 0.2) is 18.3 Å². The number of hydrogen-bond donors (Lipinski definition) is 2. The van der Waals surface area contributed by atoms with Crippen LogP contribution in [0.3, 0.4) is 0 Å². The van der Waals surface area contributed by atoms with Crippen molar-refractivity contribution in [3.63, 3.8) is 0 Å². The molecule has 1 saturated heterocycles. The first kappa shape index (κ1) is 11.8. The Balaban J connectivity index is 2.21. The van der Waals surface area contributed by atoms with E-state index in [0.717, 1.165) is 12.8 Å². The van der Waals surface area contributed by atoms with E-state index in [1.54, 1.807) is 18.3 Å². The predicted molar refractivity (Wildman–Crippen MR) is 62.4 cm³/mol. The minimum Gasteiger partial charge on any atom is -0.394 e. The molecule has 0 radical (unpaired) electrons. The van der Waals surface area contributed by atoms with Gasteiger partial charge in [0.1, 0.15) is 6.07 Å². The summed E-state index contributed by atoms with van der Waals surface area (Å²) in [5.74, 6) is 0. The number of ether oxygens (including phenoxy) is 1. The van der Waals surface area contributed by atoms with Crippen LogP contribution in [0.25, 0.3) is 0 Å². The number of anilines is 1. The highest BCUT2D eigenvalue weighted by Crippen LogP contribution is 2.26. The van der Waals surface area contributed by atoms with E-state index in [0.29, 0.717) is 24.6 Å². The molecule has 1 aromatic rings. The Kier molecular flexibility index (Phi) is 3.57. The fourth-order valence-corrected chi connectivity index (χ4v) is 1.97. The van der Waals surface area contributed by atoms with Crippen molar-refractivity contribution in [1.29, 1.82) is 5.26 Å². The molecule has 0 atom stereocenters. The number of rotatable bonds is 3. The highest BCUT2D eigenvalue weighted by Gasteiger charge is 2.32. The summed E-state index contributed by atoms with van der Waals surface area (Å²) in [5, 5.41) is 21.8. The highest BCUT2D eigenvalue weighted by atomic mass is 16.5. The minimum absolute atomic E-state index is 0.0239. The Morgan fingerprint density at radius 3 is 2.94 bits per heavy atom. The smallest absolute Gasteiger partial charge is 0.163 e. The Morgan fingerprint density at radius 1 is 1.53 bits per heavy atom. The Morgan fingerprint density at radius 2 is 2.29 bits per heavy atom. The molecule has 0 unspecified atom stereocenters. The second kappa shape index (κ2) is 5.13. The standard InChI is InChI=1S/C12H15N3O2/c13-8-11-10(2-1-5-14-11)15-12(9-16)3-6-17-7-4-12/h1-2,5,15-16H,3-4,6-7,9H2. The van der Waals surface area contributed by atoms with Gasteiger partial charge in [-0.15, -0.1) is 0 Å². The third kappa shape index (κ3) is 2.54. The van der Waals surface area contributed by atoms with Crippen LogP contribution < -0.4 is 5.32 Å². The maximum atomic E-state index is 9.55. The molecule has 17 heavy (non-hydrogen) atoms. The number of hydrogen-bond acceptors (Lipinski definition) is 5. The lowest BCUT2D eigenvalue weighted by Gasteiger charge is -2.37. The molecule has 2 heterocycles. The number of nitriles is 1. The molecular formula is C12H15N3O2. The molecule has 1 aliphatic heterocycles. The molecule has 0 aromatic carbocycles. The molecule has 2 N–H and O–H groups in total. The summed E-state index contributed by atoms with van der Waals surface area (Å²) in [5.41, 5.74) is 0.630.